The van der Waals surface area contributed by atoms with E-state index in [2.05, 4.69) is 34.1 Å². The van der Waals surface area contributed by atoms with Gasteiger partial charge in [-0.25, -0.2) is 0 Å². The molecule has 1 aromatic heterocycles. The van der Waals surface area contributed by atoms with Crippen molar-refractivity contribution in [1.82, 2.24) is 9.88 Å². The highest BCUT2D eigenvalue weighted by Crippen LogP contribution is 2.18. The van der Waals surface area contributed by atoms with Crippen LogP contribution in [0.2, 0.25) is 0 Å². The average molecular weight is 260 g/mol. The van der Waals surface area contributed by atoms with Crippen molar-refractivity contribution in [3.63, 3.8) is 0 Å². The molecular weight excluding hydrogens is 244 g/mol. The topological polar surface area (TPSA) is 33.2 Å². The fraction of sp³-hybridized carbons (Fsp3) is 0.357. The van der Waals surface area contributed by atoms with Crippen LogP contribution in [0.5, 0.6) is 0 Å². The summed E-state index contributed by atoms with van der Waals surface area (Å²) < 4.78 is 11.3. The molecule has 2 aromatic rings. The van der Waals surface area contributed by atoms with Gasteiger partial charge in [-0.3, -0.25) is 14.1 Å². The van der Waals surface area contributed by atoms with Crippen LogP contribution in [-0.2, 0) is 17.3 Å². The molecule has 1 aliphatic heterocycles. The van der Waals surface area contributed by atoms with Gasteiger partial charge in [-0.05, 0) is 11.6 Å². The standard InChI is InChI=1S/C14H16N2OS/c17-18-9-7-16(8-10-18)11-13-4-1-3-12-5-2-6-15-14(12)13/h1-6H,7-11H2. The van der Waals surface area contributed by atoms with Crippen molar-refractivity contribution in [2.24, 2.45) is 0 Å². The first-order valence-electron chi connectivity index (χ1n) is 6.23. The van der Waals surface area contributed by atoms with Crippen molar-refractivity contribution in [3.05, 3.63) is 42.1 Å². The highest BCUT2D eigenvalue weighted by Gasteiger charge is 2.16. The van der Waals surface area contributed by atoms with Crippen LogP contribution in [-0.4, -0.2) is 38.7 Å². The smallest absolute Gasteiger partial charge is 0.0746 e. The van der Waals surface area contributed by atoms with Crippen LogP contribution < -0.4 is 0 Å². The van der Waals surface area contributed by atoms with E-state index in [1.807, 2.05) is 12.3 Å². The van der Waals surface area contributed by atoms with Crippen molar-refractivity contribution >= 4 is 21.7 Å². The van der Waals surface area contributed by atoms with Crippen LogP contribution in [0.1, 0.15) is 5.56 Å². The Labute approximate surface area is 109 Å². The number of rotatable bonds is 2. The third-order valence-electron chi connectivity index (χ3n) is 3.38. The van der Waals surface area contributed by atoms with E-state index in [0.29, 0.717) is 0 Å². The second kappa shape index (κ2) is 5.16. The SMILES string of the molecule is O=S1CCN(Cc2cccc3cccnc23)CC1. The molecule has 0 spiro atoms. The number of hydrogen-bond donors (Lipinski definition) is 0. The van der Waals surface area contributed by atoms with Gasteiger partial charge in [0.15, 0.2) is 0 Å². The summed E-state index contributed by atoms with van der Waals surface area (Å²) in [7, 11) is -0.603. The minimum Gasteiger partial charge on any atom is -0.297 e. The van der Waals surface area contributed by atoms with Gasteiger partial charge in [-0.2, -0.15) is 0 Å². The minimum absolute atomic E-state index is 0.603. The van der Waals surface area contributed by atoms with E-state index < -0.39 is 10.8 Å². The fourth-order valence-corrected chi connectivity index (χ4v) is 3.50. The van der Waals surface area contributed by atoms with E-state index in [1.165, 1.54) is 10.9 Å². The molecule has 2 heterocycles. The molecule has 3 nitrogen and oxygen atoms in total. The molecule has 0 radical (unpaired) electrons. The molecule has 1 fully saturated rings. The lowest BCUT2D eigenvalue weighted by molar-refractivity contribution is 0.292. The molecule has 0 amide bonds. The molecule has 0 aliphatic carbocycles. The molecular formula is C14H16N2OS. The van der Waals surface area contributed by atoms with Gasteiger partial charge in [0.1, 0.15) is 0 Å². The number of fused-ring (bicyclic) bond motifs is 1. The van der Waals surface area contributed by atoms with Crippen molar-refractivity contribution in [1.29, 1.82) is 0 Å². The maximum atomic E-state index is 11.3. The van der Waals surface area contributed by atoms with Crippen LogP contribution in [0.25, 0.3) is 10.9 Å². The summed E-state index contributed by atoms with van der Waals surface area (Å²) in [5, 5.41) is 1.19. The van der Waals surface area contributed by atoms with Crippen molar-refractivity contribution in [3.8, 4) is 0 Å². The van der Waals surface area contributed by atoms with E-state index in [4.69, 9.17) is 0 Å². The van der Waals surface area contributed by atoms with Gasteiger partial charge in [0.05, 0.1) is 5.52 Å². The lowest BCUT2D eigenvalue weighted by Crippen LogP contribution is -2.37. The van der Waals surface area contributed by atoms with Crippen molar-refractivity contribution in [2.45, 2.75) is 6.54 Å². The Bertz CT molecular complexity index is 570. The highest BCUT2D eigenvalue weighted by molar-refractivity contribution is 7.85. The molecule has 1 aromatic carbocycles. The summed E-state index contributed by atoms with van der Waals surface area (Å²) in [4.78, 5) is 6.84. The molecule has 0 bridgehead atoms. The first kappa shape index (κ1) is 11.8. The molecule has 0 N–H and O–H groups in total. The predicted molar refractivity (Wildman–Crippen MR) is 74.9 cm³/mol. The minimum atomic E-state index is -0.603. The molecule has 1 saturated heterocycles. The van der Waals surface area contributed by atoms with E-state index in [-0.39, 0.29) is 0 Å². The summed E-state index contributed by atoms with van der Waals surface area (Å²) in [6.45, 7) is 2.76. The van der Waals surface area contributed by atoms with Crippen LogP contribution in [0.15, 0.2) is 36.5 Å². The monoisotopic (exact) mass is 260 g/mol. The number of nitrogens with zero attached hydrogens (tertiary/aromatic N) is 2. The zero-order chi connectivity index (χ0) is 12.4. The third kappa shape index (κ3) is 2.44. The molecule has 18 heavy (non-hydrogen) atoms. The first-order chi connectivity index (χ1) is 8.83. The molecule has 0 saturated carbocycles. The van der Waals surface area contributed by atoms with Gasteiger partial charge < -0.3 is 0 Å². The normalized spacial score (nSPS) is 18.2. The Kier molecular flexibility index (Phi) is 3.39. The summed E-state index contributed by atoms with van der Waals surface area (Å²) in [5.74, 6) is 1.61. The number of hydrogen-bond acceptors (Lipinski definition) is 3. The predicted octanol–water partition coefficient (Wildman–Crippen LogP) is 1.80. The number of benzene rings is 1. The average Bonchev–Trinajstić information content (AvgIpc) is 2.42. The third-order valence-corrected chi connectivity index (χ3v) is 4.66. The van der Waals surface area contributed by atoms with Crippen LogP contribution in [0.3, 0.4) is 0 Å². The number of aromatic nitrogens is 1. The molecule has 94 valence electrons. The second-order valence-electron chi connectivity index (χ2n) is 4.62. The molecule has 0 atom stereocenters. The largest absolute Gasteiger partial charge is 0.297 e. The van der Waals surface area contributed by atoms with E-state index in [9.17, 15) is 4.21 Å². The Morgan fingerprint density at radius 3 is 2.78 bits per heavy atom. The van der Waals surface area contributed by atoms with Crippen molar-refractivity contribution < 1.29 is 4.21 Å². The van der Waals surface area contributed by atoms with E-state index in [0.717, 1.165) is 36.7 Å². The fourth-order valence-electron chi connectivity index (χ4n) is 2.37. The Morgan fingerprint density at radius 2 is 1.94 bits per heavy atom. The maximum absolute atomic E-state index is 11.3. The van der Waals surface area contributed by atoms with Crippen molar-refractivity contribution in [2.75, 3.05) is 24.6 Å². The quantitative estimate of drug-likeness (QED) is 0.825. The molecule has 4 heteroatoms. The molecule has 0 unspecified atom stereocenters. The Morgan fingerprint density at radius 1 is 1.17 bits per heavy atom. The van der Waals surface area contributed by atoms with Crippen LogP contribution >= 0.6 is 0 Å². The maximum Gasteiger partial charge on any atom is 0.0746 e. The summed E-state index contributed by atoms with van der Waals surface area (Å²) in [6.07, 6.45) is 1.84. The number of para-hydroxylation sites is 1. The molecule has 3 rings (SSSR count). The summed E-state index contributed by atoms with van der Waals surface area (Å²) in [5.41, 5.74) is 2.35. The van der Waals surface area contributed by atoms with Gasteiger partial charge in [0.25, 0.3) is 0 Å². The Hall–Kier alpha value is -1.26. The van der Waals surface area contributed by atoms with E-state index >= 15 is 0 Å². The Balaban J connectivity index is 1.84. The zero-order valence-corrected chi connectivity index (χ0v) is 11.0. The van der Waals surface area contributed by atoms with E-state index in [1.54, 1.807) is 0 Å². The summed E-state index contributed by atoms with van der Waals surface area (Å²) >= 11 is 0. The zero-order valence-electron chi connectivity index (χ0n) is 10.2. The highest BCUT2D eigenvalue weighted by atomic mass is 32.2. The summed E-state index contributed by atoms with van der Waals surface area (Å²) in [6, 6.07) is 10.4. The second-order valence-corrected chi connectivity index (χ2v) is 6.31. The lowest BCUT2D eigenvalue weighted by atomic mass is 10.1. The van der Waals surface area contributed by atoms with Crippen LogP contribution in [0.4, 0.5) is 0 Å². The van der Waals surface area contributed by atoms with Gasteiger partial charge in [-0.15, -0.1) is 0 Å². The lowest BCUT2D eigenvalue weighted by Gasteiger charge is -2.26. The van der Waals surface area contributed by atoms with Gasteiger partial charge >= 0.3 is 0 Å². The van der Waals surface area contributed by atoms with Gasteiger partial charge in [0, 0.05) is 53.5 Å². The molecule has 1 aliphatic rings. The first-order valence-corrected chi connectivity index (χ1v) is 7.72. The van der Waals surface area contributed by atoms with Crippen LogP contribution in [0, 0.1) is 0 Å². The van der Waals surface area contributed by atoms with Gasteiger partial charge in [0.2, 0.25) is 0 Å². The van der Waals surface area contributed by atoms with Gasteiger partial charge in [-0.1, -0.05) is 24.3 Å². The number of pyridine rings is 1.